The van der Waals surface area contributed by atoms with Crippen LogP contribution in [-0.4, -0.2) is 26.9 Å². The molecule has 2 rings (SSSR count). The van der Waals surface area contributed by atoms with Crippen molar-refractivity contribution in [2.75, 3.05) is 10.6 Å². The van der Waals surface area contributed by atoms with E-state index in [1.807, 2.05) is 10.7 Å². The third kappa shape index (κ3) is 6.13. The van der Waals surface area contributed by atoms with Crippen molar-refractivity contribution in [1.29, 1.82) is 0 Å². The smallest absolute Gasteiger partial charge is 0.323 e. The van der Waals surface area contributed by atoms with E-state index in [0.717, 1.165) is 17.8 Å². The van der Waals surface area contributed by atoms with Gasteiger partial charge in [0.25, 0.3) is 0 Å². The lowest BCUT2D eigenvalue weighted by Crippen LogP contribution is -2.21. The molecule has 0 spiro atoms. The van der Waals surface area contributed by atoms with E-state index >= 15 is 0 Å². The lowest BCUT2D eigenvalue weighted by molar-refractivity contribution is -0.136. The van der Waals surface area contributed by atoms with Crippen LogP contribution < -0.4 is 10.6 Å². The number of aliphatic carboxylic acids is 1. The molecular weight excluding hydrogens is 344 g/mol. The first-order chi connectivity index (χ1) is 12.8. The maximum atomic E-state index is 12.4. The molecule has 1 aromatic carbocycles. The highest BCUT2D eigenvalue weighted by molar-refractivity contribution is 6.00. The molecule has 2 amide bonds. The van der Waals surface area contributed by atoms with Crippen molar-refractivity contribution in [3.63, 3.8) is 0 Å². The van der Waals surface area contributed by atoms with Crippen molar-refractivity contribution in [3.8, 4) is 0 Å². The molecule has 0 radical (unpaired) electrons. The molecule has 0 bridgehead atoms. The highest BCUT2D eigenvalue weighted by atomic mass is 16.4. The molecule has 0 saturated carbocycles. The van der Waals surface area contributed by atoms with Gasteiger partial charge in [0.15, 0.2) is 0 Å². The molecule has 2 aromatic rings. The number of aryl methyl sites for hydroxylation is 1. The minimum absolute atomic E-state index is 0.0580. The monoisotopic (exact) mass is 372 g/mol. The first-order valence-corrected chi connectivity index (χ1v) is 9.20. The zero-order valence-electron chi connectivity index (χ0n) is 16.3. The van der Waals surface area contributed by atoms with Gasteiger partial charge in [-0.3, -0.25) is 9.48 Å². The summed E-state index contributed by atoms with van der Waals surface area (Å²) in [6.45, 7) is 9.19. The third-order valence-electron chi connectivity index (χ3n) is 4.03. The van der Waals surface area contributed by atoms with E-state index in [4.69, 9.17) is 5.11 Å². The van der Waals surface area contributed by atoms with E-state index in [1.165, 1.54) is 0 Å². The number of carbonyl (C=O) groups is 2. The first kappa shape index (κ1) is 20.5. The highest BCUT2D eigenvalue weighted by Gasteiger charge is 2.17. The Morgan fingerprint density at radius 3 is 2.56 bits per heavy atom. The second kappa shape index (κ2) is 9.21. The number of hydrogen-bond acceptors (Lipinski definition) is 3. The number of nitrogens with zero attached hydrogens (tertiary/aromatic N) is 2. The average Bonchev–Trinajstić information content (AvgIpc) is 2.94. The molecule has 0 saturated heterocycles. The molecule has 0 aliphatic heterocycles. The number of carbonyl (C=O) groups excluding carboxylic acids is 1. The summed E-state index contributed by atoms with van der Waals surface area (Å²) in [5.41, 5.74) is 3.18. The number of benzene rings is 1. The lowest BCUT2D eigenvalue weighted by Gasteiger charge is -2.15. The van der Waals surface area contributed by atoms with Gasteiger partial charge in [-0.05, 0) is 36.0 Å². The summed E-state index contributed by atoms with van der Waals surface area (Å²) >= 11 is 0. The predicted molar refractivity (Wildman–Crippen MR) is 106 cm³/mol. The van der Waals surface area contributed by atoms with Gasteiger partial charge in [0.2, 0.25) is 0 Å². The van der Waals surface area contributed by atoms with Gasteiger partial charge >= 0.3 is 12.0 Å². The minimum atomic E-state index is -0.842. The molecule has 0 aliphatic carbocycles. The summed E-state index contributed by atoms with van der Waals surface area (Å²) in [4.78, 5) is 23.1. The Morgan fingerprint density at radius 2 is 1.93 bits per heavy atom. The number of anilines is 2. The van der Waals surface area contributed by atoms with Crippen molar-refractivity contribution in [2.45, 2.75) is 53.0 Å². The van der Waals surface area contributed by atoms with Gasteiger partial charge in [-0.15, -0.1) is 0 Å². The van der Waals surface area contributed by atoms with E-state index in [9.17, 15) is 9.59 Å². The number of nitrogens with one attached hydrogen (secondary N) is 2. The van der Waals surface area contributed by atoms with Crippen LogP contribution in [0.2, 0.25) is 0 Å². The lowest BCUT2D eigenvalue weighted by atomic mass is 10.1. The average molecular weight is 372 g/mol. The topological polar surface area (TPSA) is 96.3 Å². The summed E-state index contributed by atoms with van der Waals surface area (Å²) in [5, 5.41) is 18.9. The van der Waals surface area contributed by atoms with E-state index in [-0.39, 0.29) is 18.4 Å². The van der Waals surface area contributed by atoms with Crippen LogP contribution in [0.25, 0.3) is 0 Å². The SMILES string of the molecule is CC(C)Cn1ncc(NC(=O)Nc2cccc(CCC(=O)O)c2)c1C(C)C. The largest absolute Gasteiger partial charge is 0.481 e. The molecule has 0 atom stereocenters. The van der Waals surface area contributed by atoms with Crippen molar-refractivity contribution < 1.29 is 14.7 Å². The zero-order chi connectivity index (χ0) is 20.0. The zero-order valence-corrected chi connectivity index (χ0v) is 16.3. The summed E-state index contributed by atoms with van der Waals surface area (Å²) in [5.74, 6) is -0.163. The Balaban J connectivity index is 2.07. The summed E-state index contributed by atoms with van der Waals surface area (Å²) < 4.78 is 1.94. The predicted octanol–water partition coefficient (Wildman–Crippen LogP) is 4.32. The van der Waals surface area contributed by atoms with Crippen molar-refractivity contribution in [3.05, 3.63) is 41.7 Å². The van der Waals surface area contributed by atoms with E-state index in [0.29, 0.717) is 23.7 Å². The normalized spacial score (nSPS) is 11.0. The van der Waals surface area contributed by atoms with Crippen molar-refractivity contribution >= 4 is 23.4 Å². The van der Waals surface area contributed by atoms with Crippen LogP contribution in [0.3, 0.4) is 0 Å². The van der Waals surface area contributed by atoms with Crippen LogP contribution in [0.15, 0.2) is 30.5 Å². The molecule has 0 unspecified atom stereocenters. The number of amides is 2. The number of carboxylic acid groups (broad SMARTS) is 1. The Hall–Kier alpha value is -2.83. The number of rotatable bonds is 8. The van der Waals surface area contributed by atoms with Crippen molar-refractivity contribution in [2.24, 2.45) is 5.92 Å². The molecule has 27 heavy (non-hydrogen) atoms. The molecule has 146 valence electrons. The molecular formula is C20H28N4O3. The number of carboxylic acids is 1. The van der Waals surface area contributed by atoms with Gasteiger partial charge in [-0.25, -0.2) is 4.79 Å². The number of aromatic nitrogens is 2. The summed E-state index contributed by atoms with van der Waals surface area (Å²) in [6.07, 6.45) is 2.16. The van der Waals surface area contributed by atoms with Gasteiger partial charge in [0.05, 0.1) is 17.6 Å². The fraction of sp³-hybridized carbons (Fsp3) is 0.450. The van der Waals surface area contributed by atoms with Gasteiger partial charge in [0.1, 0.15) is 0 Å². The first-order valence-electron chi connectivity index (χ1n) is 9.20. The minimum Gasteiger partial charge on any atom is -0.481 e. The Kier molecular flexibility index (Phi) is 6.98. The standard InChI is InChI=1S/C20H28N4O3/c1-13(2)12-24-19(14(3)4)17(11-21-24)23-20(27)22-16-7-5-6-15(10-16)8-9-18(25)26/h5-7,10-11,13-14H,8-9,12H2,1-4H3,(H,25,26)(H2,22,23,27). The summed E-state index contributed by atoms with van der Waals surface area (Å²) in [6, 6.07) is 6.85. The molecule has 0 fully saturated rings. The van der Waals surface area contributed by atoms with Crippen LogP contribution in [0, 0.1) is 5.92 Å². The molecule has 1 aromatic heterocycles. The van der Waals surface area contributed by atoms with Crippen molar-refractivity contribution in [1.82, 2.24) is 9.78 Å². The highest BCUT2D eigenvalue weighted by Crippen LogP contribution is 2.25. The number of urea groups is 1. The second-order valence-electron chi connectivity index (χ2n) is 7.35. The van der Waals surface area contributed by atoms with Gasteiger partial charge in [0, 0.05) is 18.7 Å². The fourth-order valence-electron chi connectivity index (χ4n) is 2.93. The van der Waals surface area contributed by atoms with Gasteiger partial charge in [-0.1, -0.05) is 39.8 Å². The van der Waals surface area contributed by atoms with Gasteiger partial charge < -0.3 is 15.7 Å². The Labute approximate surface area is 159 Å². The van der Waals surface area contributed by atoms with E-state index in [2.05, 4.69) is 43.4 Å². The van der Waals surface area contributed by atoms with E-state index in [1.54, 1.807) is 24.4 Å². The molecule has 1 heterocycles. The van der Waals surface area contributed by atoms with Crippen LogP contribution in [-0.2, 0) is 17.8 Å². The fourth-order valence-corrected chi connectivity index (χ4v) is 2.93. The third-order valence-corrected chi connectivity index (χ3v) is 4.03. The maximum absolute atomic E-state index is 12.4. The van der Waals surface area contributed by atoms with Crippen LogP contribution >= 0.6 is 0 Å². The summed E-state index contributed by atoms with van der Waals surface area (Å²) in [7, 11) is 0. The number of hydrogen-bond donors (Lipinski definition) is 3. The van der Waals surface area contributed by atoms with Crippen LogP contribution in [0.5, 0.6) is 0 Å². The quantitative estimate of drug-likeness (QED) is 0.643. The van der Waals surface area contributed by atoms with E-state index < -0.39 is 5.97 Å². The van der Waals surface area contributed by atoms with Crippen LogP contribution in [0.4, 0.5) is 16.2 Å². The Morgan fingerprint density at radius 1 is 1.19 bits per heavy atom. The molecule has 7 heteroatoms. The second-order valence-corrected chi connectivity index (χ2v) is 7.35. The molecule has 0 aliphatic rings. The molecule has 3 N–H and O–H groups in total. The maximum Gasteiger partial charge on any atom is 0.323 e. The molecule has 7 nitrogen and oxygen atoms in total. The van der Waals surface area contributed by atoms with Gasteiger partial charge in [-0.2, -0.15) is 5.10 Å². The Bertz CT molecular complexity index is 796. The van der Waals surface area contributed by atoms with Crippen LogP contribution in [0.1, 0.15) is 51.3 Å².